The zero-order valence-electron chi connectivity index (χ0n) is 14.4. The monoisotopic (exact) mass is 339 g/mol. The SMILES string of the molecule is CN(C)C1=NC2(CCN(C(=O)c3ccc4cc[nH]c4c3)CC2)C(=O)N1. The summed E-state index contributed by atoms with van der Waals surface area (Å²) in [6, 6.07) is 7.66. The van der Waals surface area contributed by atoms with E-state index in [2.05, 4.69) is 15.3 Å². The molecule has 1 spiro atoms. The topological polar surface area (TPSA) is 80.8 Å². The van der Waals surface area contributed by atoms with Gasteiger partial charge in [-0.2, -0.15) is 0 Å². The van der Waals surface area contributed by atoms with Crippen molar-refractivity contribution in [2.45, 2.75) is 18.4 Å². The van der Waals surface area contributed by atoms with Crippen LogP contribution in [0, 0.1) is 0 Å². The quantitative estimate of drug-likeness (QED) is 0.819. The summed E-state index contributed by atoms with van der Waals surface area (Å²) in [6.07, 6.45) is 2.96. The lowest BCUT2D eigenvalue weighted by Gasteiger charge is -2.35. The van der Waals surface area contributed by atoms with Crippen molar-refractivity contribution in [1.82, 2.24) is 20.1 Å². The smallest absolute Gasteiger partial charge is 0.254 e. The third-order valence-electron chi connectivity index (χ3n) is 5.07. The molecule has 7 heteroatoms. The number of nitrogens with zero attached hydrogens (tertiary/aromatic N) is 3. The first kappa shape index (κ1) is 15.7. The number of benzene rings is 1. The molecule has 130 valence electrons. The molecule has 1 saturated heterocycles. The third kappa shape index (κ3) is 2.56. The lowest BCUT2D eigenvalue weighted by Crippen LogP contribution is -2.50. The molecule has 2 aliphatic rings. The van der Waals surface area contributed by atoms with Crippen molar-refractivity contribution in [1.29, 1.82) is 0 Å². The zero-order chi connectivity index (χ0) is 17.6. The van der Waals surface area contributed by atoms with Crippen LogP contribution >= 0.6 is 0 Å². The first-order valence-electron chi connectivity index (χ1n) is 8.44. The minimum Gasteiger partial charge on any atom is -0.361 e. The van der Waals surface area contributed by atoms with E-state index in [1.807, 2.05) is 49.5 Å². The van der Waals surface area contributed by atoms with E-state index in [0.29, 0.717) is 37.5 Å². The van der Waals surface area contributed by atoms with E-state index < -0.39 is 5.54 Å². The number of fused-ring (bicyclic) bond motifs is 1. The summed E-state index contributed by atoms with van der Waals surface area (Å²) >= 11 is 0. The Kier molecular flexibility index (Phi) is 3.52. The highest BCUT2D eigenvalue weighted by atomic mass is 16.2. The van der Waals surface area contributed by atoms with Crippen LogP contribution < -0.4 is 5.32 Å². The molecule has 2 amide bonds. The Morgan fingerprint density at radius 2 is 2.00 bits per heavy atom. The average molecular weight is 339 g/mol. The van der Waals surface area contributed by atoms with E-state index in [4.69, 9.17) is 0 Å². The van der Waals surface area contributed by atoms with Crippen LogP contribution in [-0.4, -0.2) is 65.3 Å². The lowest BCUT2D eigenvalue weighted by molar-refractivity contribution is -0.125. The average Bonchev–Trinajstić information content (AvgIpc) is 3.20. The van der Waals surface area contributed by atoms with Crippen LogP contribution in [0.1, 0.15) is 23.2 Å². The predicted molar refractivity (Wildman–Crippen MR) is 95.4 cm³/mol. The summed E-state index contributed by atoms with van der Waals surface area (Å²) in [5.41, 5.74) is 0.897. The van der Waals surface area contributed by atoms with E-state index >= 15 is 0 Å². The molecule has 2 N–H and O–H groups in total. The molecule has 0 unspecified atom stereocenters. The number of carbonyl (C=O) groups excluding carboxylic acids is 2. The molecule has 25 heavy (non-hydrogen) atoms. The van der Waals surface area contributed by atoms with Gasteiger partial charge in [0.05, 0.1) is 0 Å². The fourth-order valence-corrected chi connectivity index (χ4v) is 3.49. The molecule has 1 fully saturated rings. The molecule has 7 nitrogen and oxygen atoms in total. The highest BCUT2D eigenvalue weighted by Gasteiger charge is 2.46. The number of rotatable bonds is 1. The Morgan fingerprint density at radius 3 is 2.68 bits per heavy atom. The molecule has 2 aliphatic heterocycles. The molecule has 0 saturated carbocycles. The number of H-pyrrole nitrogens is 1. The number of hydrogen-bond donors (Lipinski definition) is 2. The highest BCUT2D eigenvalue weighted by molar-refractivity contribution is 6.07. The number of aromatic amines is 1. The van der Waals surface area contributed by atoms with E-state index in [1.165, 1.54) is 0 Å². The maximum atomic E-state index is 12.8. The van der Waals surface area contributed by atoms with Crippen molar-refractivity contribution in [3.63, 3.8) is 0 Å². The predicted octanol–water partition coefficient (Wildman–Crippen LogP) is 1.19. The number of aromatic nitrogens is 1. The first-order chi connectivity index (χ1) is 12.0. The number of nitrogens with one attached hydrogen (secondary N) is 2. The summed E-state index contributed by atoms with van der Waals surface area (Å²) < 4.78 is 0. The lowest BCUT2D eigenvalue weighted by atomic mass is 9.87. The zero-order valence-corrected chi connectivity index (χ0v) is 14.4. The van der Waals surface area contributed by atoms with Crippen LogP contribution in [0.25, 0.3) is 10.9 Å². The summed E-state index contributed by atoms with van der Waals surface area (Å²) in [4.78, 5) is 36.5. The molecular weight excluding hydrogens is 318 g/mol. The van der Waals surface area contributed by atoms with Gasteiger partial charge in [0.2, 0.25) is 5.96 Å². The minimum absolute atomic E-state index is 0.00145. The van der Waals surface area contributed by atoms with Crippen molar-refractivity contribution in [3.05, 3.63) is 36.0 Å². The molecule has 1 aromatic heterocycles. The van der Waals surface area contributed by atoms with Gasteiger partial charge >= 0.3 is 0 Å². The molecular formula is C18H21N5O2. The molecule has 2 aromatic rings. The van der Waals surface area contributed by atoms with E-state index in [9.17, 15) is 9.59 Å². The molecule has 0 aliphatic carbocycles. The summed E-state index contributed by atoms with van der Waals surface area (Å²) in [6.45, 7) is 1.05. The van der Waals surface area contributed by atoms with Gasteiger partial charge in [0, 0.05) is 44.5 Å². The van der Waals surface area contributed by atoms with E-state index in [1.54, 1.807) is 4.90 Å². The second kappa shape index (κ2) is 5.61. The van der Waals surface area contributed by atoms with Crippen molar-refractivity contribution < 1.29 is 9.59 Å². The molecule has 0 bridgehead atoms. The van der Waals surface area contributed by atoms with Crippen LogP contribution in [0.15, 0.2) is 35.5 Å². The number of hydrogen-bond acceptors (Lipinski definition) is 4. The third-order valence-corrected chi connectivity index (χ3v) is 5.07. The van der Waals surface area contributed by atoms with Gasteiger partial charge < -0.3 is 14.8 Å². The normalized spacial score (nSPS) is 19.2. The van der Waals surface area contributed by atoms with Gasteiger partial charge in [-0.05, 0) is 36.4 Å². The molecule has 0 radical (unpaired) electrons. The van der Waals surface area contributed by atoms with Crippen molar-refractivity contribution in [2.24, 2.45) is 4.99 Å². The fraction of sp³-hybridized carbons (Fsp3) is 0.389. The van der Waals surface area contributed by atoms with Gasteiger partial charge in [0.15, 0.2) is 0 Å². The first-order valence-corrected chi connectivity index (χ1v) is 8.44. The van der Waals surface area contributed by atoms with Gasteiger partial charge in [-0.15, -0.1) is 0 Å². The molecule has 0 atom stereocenters. The number of likely N-dealkylation sites (tertiary alicyclic amines) is 1. The van der Waals surface area contributed by atoms with Crippen molar-refractivity contribution in [3.8, 4) is 0 Å². The standard InChI is InChI=1S/C18H21N5O2/c1-22(2)17-20-16(25)18(21-17)6-9-23(10-7-18)15(24)13-4-3-12-5-8-19-14(12)11-13/h3-5,8,11,19H,6-7,9-10H2,1-2H3,(H,20,21,25). The summed E-state index contributed by atoms with van der Waals surface area (Å²) in [7, 11) is 3.71. The van der Waals surface area contributed by atoms with Gasteiger partial charge in [-0.1, -0.05) is 6.07 Å². The Morgan fingerprint density at radius 1 is 1.24 bits per heavy atom. The number of guanidine groups is 1. The highest BCUT2D eigenvalue weighted by Crippen LogP contribution is 2.31. The minimum atomic E-state index is -0.722. The summed E-state index contributed by atoms with van der Waals surface area (Å²) in [5, 5.41) is 3.92. The molecule has 4 rings (SSSR count). The number of carbonyl (C=O) groups is 2. The number of amides is 2. The van der Waals surface area contributed by atoms with E-state index in [0.717, 1.165) is 10.9 Å². The Balaban J connectivity index is 1.50. The fourth-order valence-electron chi connectivity index (χ4n) is 3.49. The van der Waals surface area contributed by atoms with E-state index in [-0.39, 0.29) is 11.8 Å². The van der Waals surface area contributed by atoms with Crippen LogP contribution in [0.3, 0.4) is 0 Å². The number of piperidine rings is 1. The summed E-state index contributed by atoms with van der Waals surface area (Å²) in [5.74, 6) is 0.541. The van der Waals surface area contributed by atoms with Crippen LogP contribution in [0.4, 0.5) is 0 Å². The van der Waals surface area contributed by atoms with Gasteiger partial charge in [-0.25, -0.2) is 4.99 Å². The van der Waals surface area contributed by atoms with Gasteiger partial charge in [0.25, 0.3) is 11.8 Å². The van der Waals surface area contributed by atoms with Gasteiger partial charge in [-0.3, -0.25) is 14.9 Å². The maximum Gasteiger partial charge on any atom is 0.254 e. The van der Waals surface area contributed by atoms with Crippen molar-refractivity contribution in [2.75, 3.05) is 27.2 Å². The molecule has 1 aromatic carbocycles. The van der Waals surface area contributed by atoms with Crippen molar-refractivity contribution >= 4 is 28.7 Å². The number of aliphatic imine (C=N–C) groups is 1. The van der Waals surface area contributed by atoms with Crippen LogP contribution in [-0.2, 0) is 4.79 Å². The largest absolute Gasteiger partial charge is 0.361 e. The van der Waals surface area contributed by atoms with Crippen LogP contribution in [0.2, 0.25) is 0 Å². The van der Waals surface area contributed by atoms with Crippen LogP contribution in [0.5, 0.6) is 0 Å². The Bertz CT molecular complexity index is 874. The Labute approximate surface area is 145 Å². The van der Waals surface area contributed by atoms with Gasteiger partial charge in [0.1, 0.15) is 5.54 Å². The molecule has 3 heterocycles. The second-order valence-electron chi connectivity index (χ2n) is 6.89. The second-order valence-corrected chi connectivity index (χ2v) is 6.89. The Hall–Kier alpha value is -2.83. The maximum absolute atomic E-state index is 12.8.